The summed E-state index contributed by atoms with van der Waals surface area (Å²) in [6, 6.07) is 8.03. The first-order chi connectivity index (χ1) is 8.83. The molecule has 5 nitrogen and oxygen atoms in total. The van der Waals surface area contributed by atoms with Crippen LogP contribution in [-0.2, 0) is 4.74 Å². The molecule has 0 radical (unpaired) electrons. The fourth-order valence-corrected chi connectivity index (χ4v) is 1.57. The smallest absolute Gasteiger partial charge is 0.408 e. The molecule has 0 aliphatic heterocycles. The number of carbonyl (C=O) groups is 1. The third kappa shape index (κ3) is 5.28. The first-order valence-corrected chi connectivity index (χ1v) is 6.17. The standard InChI is InChI=1S/C14H21NO4/c1-14(2,3)19-13(18)15-11(9-16)12(17)10-7-5-4-6-8-10/h4-8,11-12,16-17H,9H2,1-3H3,(H,15,18)/t11-,12-/m0/s1. The van der Waals surface area contributed by atoms with E-state index in [9.17, 15) is 15.0 Å². The first-order valence-electron chi connectivity index (χ1n) is 6.17. The Morgan fingerprint density at radius 1 is 1.32 bits per heavy atom. The molecular formula is C14H21NO4. The SMILES string of the molecule is CC(C)(C)OC(=O)N[C@@H](CO)[C@@H](O)c1ccccc1. The Labute approximate surface area is 113 Å². The Balaban J connectivity index is 2.66. The third-order valence-electron chi connectivity index (χ3n) is 2.42. The molecule has 19 heavy (non-hydrogen) atoms. The van der Waals surface area contributed by atoms with Gasteiger partial charge < -0.3 is 20.3 Å². The summed E-state index contributed by atoms with van der Waals surface area (Å²) >= 11 is 0. The summed E-state index contributed by atoms with van der Waals surface area (Å²) in [5.74, 6) is 0. The molecule has 1 aromatic carbocycles. The van der Waals surface area contributed by atoms with Crippen molar-refractivity contribution >= 4 is 6.09 Å². The highest BCUT2D eigenvalue weighted by Crippen LogP contribution is 2.17. The van der Waals surface area contributed by atoms with Gasteiger partial charge in [0.1, 0.15) is 11.7 Å². The van der Waals surface area contributed by atoms with E-state index in [0.717, 1.165) is 0 Å². The monoisotopic (exact) mass is 267 g/mol. The molecule has 0 unspecified atom stereocenters. The van der Waals surface area contributed by atoms with E-state index in [1.165, 1.54) is 0 Å². The van der Waals surface area contributed by atoms with Crippen LogP contribution in [0, 0.1) is 0 Å². The average Bonchev–Trinajstić information content (AvgIpc) is 2.34. The Morgan fingerprint density at radius 3 is 2.37 bits per heavy atom. The van der Waals surface area contributed by atoms with Crippen LogP contribution in [0.4, 0.5) is 4.79 Å². The van der Waals surface area contributed by atoms with Crippen molar-refractivity contribution in [2.75, 3.05) is 6.61 Å². The average molecular weight is 267 g/mol. The van der Waals surface area contributed by atoms with Gasteiger partial charge in [-0.15, -0.1) is 0 Å². The van der Waals surface area contributed by atoms with Crippen molar-refractivity contribution in [1.29, 1.82) is 0 Å². The molecule has 1 rings (SSSR count). The quantitative estimate of drug-likeness (QED) is 0.774. The number of ether oxygens (including phenoxy) is 1. The van der Waals surface area contributed by atoms with Crippen LogP contribution in [0.25, 0.3) is 0 Å². The summed E-state index contributed by atoms with van der Waals surface area (Å²) in [7, 11) is 0. The predicted molar refractivity (Wildman–Crippen MR) is 71.6 cm³/mol. The molecule has 5 heteroatoms. The molecule has 0 aliphatic rings. The molecule has 0 fully saturated rings. The van der Waals surface area contributed by atoms with Crippen molar-refractivity contribution in [1.82, 2.24) is 5.32 Å². The lowest BCUT2D eigenvalue weighted by Gasteiger charge is -2.25. The first kappa shape index (κ1) is 15.5. The van der Waals surface area contributed by atoms with E-state index in [1.54, 1.807) is 45.0 Å². The highest BCUT2D eigenvalue weighted by molar-refractivity contribution is 5.68. The van der Waals surface area contributed by atoms with E-state index in [2.05, 4.69) is 5.32 Å². The zero-order chi connectivity index (χ0) is 14.5. The highest BCUT2D eigenvalue weighted by Gasteiger charge is 2.24. The van der Waals surface area contributed by atoms with Crippen LogP contribution in [0.15, 0.2) is 30.3 Å². The molecule has 0 saturated carbocycles. The summed E-state index contributed by atoms with van der Waals surface area (Å²) in [6.07, 6.45) is -1.65. The number of amides is 1. The van der Waals surface area contributed by atoms with Crippen LogP contribution < -0.4 is 5.32 Å². The van der Waals surface area contributed by atoms with E-state index in [4.69, 9.17) is 4.74 Å². The van der Waals surface area contributed by atoms with Gasteiger partial charge in [-0.25, -0.2) is 4.79 Å². The number of benzene rings is 1. The lowest BCUT2D eigenvalue weighted by Crippen LogP contribution is -2.44. The summed E-state index contributed by atoms with van der Waals surface area (Å²) in [4.78, 5) is 11.6. The third-order valence-corrected chi connectivity index (χ3v) is 2.42. The molecule has 1 aromatic rings. The zero-order valence-electron chi connectivity index (χ0n) is 11.5. The van der Waals surface area contributed by atoms with E-state index >= 15 is 0 Å². The highest BCUT2D eigenvalue weighted by atomic mass is 16.6. The maximum Gasteiger partial charge on any atom is 0.408 e. The topological polar surface area (TPSA) is 78.8 Å². The second kappa shape index (κ2) is 6.54. The van der Waals surface area contributed by atoms with Gasteiger partial charge in [-0.1, -0.05) is 30.3 Å². The van der Waals surface area contributed by atoms with Gasteiger partial charge in [-0.05, 0) is 26.3 Å². The molecule has 2 atom stereocenters. The summed E-state index contributed by atoms with van der Waals surface area (Å²) in [6.45, 7) is 4.85. The fraction of sp³-hybridized carbons (Fsp3) is 0.500. The number of carbonyl (C=O) groups excluding carboxylic acids is 1. The number of hydrogen-bond donors (Lipinski definition) is 3. The largest absolute Gasteiger partial charge is 0.444 e. The van der Waals surface area contributed by atoms with Crippen molar-refractivity contribution in [3.05, 3.63) is 35.9 Å². The van der Waals surface area contributed by atoms with E-state index in [0.29, 0.717) is 5.56 Å². The van der Waals surface area contributed by atoms with E-state index < -0.39 is 23.8 Å². The lowest BCUT2D eigenvalue weighted by atomic mass is 10.0. The second-order valence-electron chi connectivity index (χ2n) is 5.29. The molecule has 0 heterocycles. The van der Waals surface area contributed by atoms with Crippen LogP contribution in [-0.4, -0.2) is 34.6 Å². The van der Waals surface area contributed by atoms with Crippen molar-refractivity contribution in [2.24, 2.45) is 0 Å². The molecule has 106 valence electrons. The van der Waals surface area contributed by atoms with Gasteiger partial charge in [0.15, 0.2) is 0 Å². The van der Waals surface area contributed by atoms with Gasteiger partial charge in [0, 0.05) is 0 Å². The van der Waals surface area contributed by atoms with Crippen molar-refractivity contribution in [2.45, 2.75) is 38.5 Å². The Morgan fingerprint density at radius 2 is 1.89 bits per heavy atom. The summed E-state index contributed by atoms with van der Waals surface area (Å²) in [5, 5.41) is 21.8. The van der Waals surface area contributed by atoms with Gasteiger partial charge >= 0.3 is 6.09 Å². The normalized spacial score (nSPS) is 14.6. The van der Waals surface area contributed by atoms with E-state index in [-0.39, 0.29) is 6.61 Å². The number of rotatable bonds is 4. The molecule has 1 amide bonds. The van der Waals surface area contributed by atoms with Gasteiger partial charge in [0.25, 0.3) is 0 Å². The fourth-order valence-electron chi connectivity index (χ4n) is 1.57. The summed E-state index contributed by atoms with van der Waals surface area (Å²) in [5.41, 5.74) is -0.000440. The number of nitrogens with one attached hydrogen (secondary N) is 1. The molecular weight excluding hydrogens is 246 g/mol. The van der Waals surface area contributed by atoms with Crippen LogP contribution in [0.3, 0.4) is 0 Å². The Bertz CT molecular complexity index is 400. The van der Waals surface area contributed by atoms with Gasteiger partial charge in [-0.2, -0.15) is 0 Å². The Kier molecular flexibility index (Phi) is 5.32. The van der Waals surface area contributed by atoms with Gasteiger partial charge in [0.2, 0.25) is 0 Å². The minimum atomic E-state index is -0.987. The molecule has 0 spiro atoms. The number of alkyl carbamates (subject to hydrolysis) is 1. The number of hydrogen-bond acceptors (Lipinski definition) is 4. The number of aliphatic hydroxyl groups is 2. The van der Waals surface area contributed by atoms with Crippen LogP contribution in [0.5, 0.6) is 0 Å². The van der Waals surface area contributed by atoms with Crippen molar-refractivity contribution < 1.29 is 19.7 Å². The van der Waals surface area contributed by atoms with Crippen LogP contribution in [0.1, 0.15) is 32.4 Å². The zero-order valence-corrected chi connectivity index (χ0v) is 11.5. The molecule has 0 bridgehead atoms. The van der Waals surface area contributed by atoms with E-state index in [1.807, 2.05) is 6.07 Å². The molecule has 0 aliphatic carbocycles. The maximum absolute atomic E-state index is 11.6. The van der Waals surface area contributed by atoms with Crippen LogP contribution in [0.2, 0.25) is 0 Å². The molecule has 3 N–H and O–H groups in total. The van der Waals surface area contributed by atoms with Crippen molar-refractivity contribution in [3.63, 3.8) is 0 Å². The predicted octanol–water partition coefficient (Wildman–Crippen LogP) is 1.61. The minimum absolute atomic E-state index is 0.380. The Hall–Kier alpha value is -1.59. The maximum atomic E-state index is 11.6. The molecule has 0 saturated heterocycles. The summed E-state index contributed by atoms with van der Waals surface area (Å²) < 4.78 is 5.08. The number of aliphatic hydroxyl groups excluding tert-OH is 2. The van der Waals surface area contributed by atoms with Gasteiger partial charge in [-0.3, -0.25) is 0 Å². The van der Waals surface area contributed by atoms with Gasteiger partial charge in [0.05, 0.1) is 12.6 Å². The second-order valence-corrected chi connectivity index (χ2v) is 5.29. The van der Waals surface area contributed by atoms with Crippen molar-refractivity contribution in [3.8, 4) is 0 Å². The van der Waals surface area contributed by atoms with Crippen LogP contribution >= 0.6 is 0 Å². The lowest BCUT2D eigenvalue weighted by molar-refractivity contribution is 0.0350. The minimum Gasteiger partial charge on any atom is -0.444 e. The molecule has 0 aromatic heterocycles.